The second-order valence-electron chi connectivity index (χ2n) is 9.99. The number of para-hydroxylation sites is 1. The smallest absolute Gasteiger partial charge is 0.251 e. The molecule has 214 valence electrons. The maximum absolute atomic E-state index is 14.5. The molecule has 0 fully saturated rings. The molecular weight excluding hydrogens is 535 g/mol. The summed E-state index contributed by atoms with van der Waals surface area (Å²) in [6.45, 7) is -0.100. The van der Waals surface area contributed by atoms with Crippen LogP contribution in [0.4, 0.5) is 15.8 Å². The van der Waals surface area contributed by atoms with E-state index in [1.165, 1.54) is 27.8 Å². The molecule has 0 bridgehead atoms. The van der Waals surface area contributed by atoms with Gasteiger partial charge < -0.3 is 19.9 Å². The van der Waals surface area contributed by atoms with Crippen molar-refractivity contribution in [1.29, 1.82) is 0 Å². The monoisotopic (exact) mass is 566 g/mol. The van der Waals surface area contributed by atoms with E-state index in [2.05, 4.69) is 15.6 Å². The topological polar surface area (TPSA) is 92.6 Å². The molecule has 0 saturated carbocycles. The van der Waals surface area contributed by atoms with E-state index >= 15 is 0 Å². The van der Waals surface area contributed by atoms with Crippen molar-refractivity contribution in [2.75, 3.05) is 31.4 Å². The fourth-order valence-corrected chi connectivity index (χ4v) is 4.71. The molecule has 10 heteroatoms. The molecule has 0 aliphatic carbocycles. The summed E-state index contributed by atoms with van der Waals surface area (Å²) in [4.78, 5) is 31.5. The van der Waals surface area contributed by atoms with Crippen LogP contribution in [-0.4, -0.2) is 52.9 Å². The van der Waals surface area contributed by atoms with E-state index in [-0.39, 0.29) is 13.1 Å². The van der Waals surface area contributed by atoms with E-state index in [0.29, 0.717) is 28.0 Å². The van der Waals surface area contributed by atoms with Gasteiger partial charge in [-0.2, -0.15) is 0 Å². The number of hydrogen-bond donors (Lipinski definition) is 1. The van der Waals surface area contributed by atoms with Crippen LogP contribution in [0.3, 0.4) is 0 Å². The molecule has 0 aliphatic rings. The second kappa shape index (κ2) is 12.5. The minimum Gasteiger partial charge on any atom is -0.497 e. The quantitative estimate of drug-likeness (QED) is 0.254. The van der Waals surface area contributed by atoms with Gasteiger partial charge in [0, 0.05) is 32.0 Å². The summed E-state index contributed by atoms with van der Waals surface area (Å²) in [5.74, 6) is -0.733. The predicted octanol–water partition coefficient (Wildman–Crippen LogP) is 5.05. The highest BCUT2D eigenvalue weighted by molar-refractivity contribution is 5.98. The first-order valence-electron chi connectivity index (χ1n) is 13.4. The maximum atomic E-state index is 14.5. The van der Waals surface area contributed by atoms with Crippen molar-refractivity contribution in [3.8, 4) is 5.75 Å². The number of methoxy groups -OCH3 is 1. The van der Waals surface area contributed by atoms with E-state index in [4.69, 9.17) is 4.74 Å². The van der Waals surface area contributed by atoms with Crippen molar-refractivity contribution in [2.24, 2.45) is 0 Å². The fraction of sp³-hybridized carbons (Fsp3) is 0.188. The average Bonchev–Trinajstić information content (AvgIpc) is 3.40. The van der Waals surface area contributed by atoms with Crippen molar-refractivity contribution in [2.45, 2.75) is 19.1 Å². The summed E-state index contributed by atoms with van der Waals surface area (Å²) >= 11 is 0. The van der Waals surface area contributed by atoms with Gasteiger partial charge in [0.05, 0.1) is 12.6 Å². The summed E-state index contributed by atoms with van der Waals surface area (Å²) in [6, 6.07) is 26.4. The minimum atomic E-state index is -1.15. The fourth-order valence-electron chi connectivity index (χ4n) is 4.71. The number of nitrogens with one attached hydrogen (secondary N) is 1. The number of halogens is 1. The Morgan fingerprint density at radius 2 is 1.69 bits per heavy atom. The summed E-state index contributed by atoms with van der Waals surface area (Å²) in [7, 11) is 5.42. The summed E-state index contributed by atoms with van der Waals surface area (Å²) in [5.41, 5.74) is 3.94. The molecule has 1 heterocycles. The molecule has 42 heavy (non-hydrogen) atoms. The number of fused-ring (bicyclic) bond motifs is 1. The molecule has 1 atom stereocenters. The van der Waals surface area contributed by atoms with E-state index in [0.717, 1.165) is 11.3 Å². The van der Waals surface area contributed by atoms with Crippen LogP contribution >= 0.6 is 0 Å². The number of rotatable bonds is 10. The predicted molar refractivity (Wildman–Crippen MR) is 160 cm³/mol. The number of hydrogen-bond acceptors (Lipinski definition) is 6. The molecule has 1 aromatic heterocycles. The Morgan fingerprint density at radius 1 is 0.952 bits per heavy atom. The first-order valence-corrected chi connectivity index (χ1v) is 13.4. The molecule has 0 radical (unpaired) electrons. The number of carbonyl (C=O) groups is 2. The SMILES string of the molecule is COc1ccc(CN(C(=O)Cn2nnc3ccccc32)C(C(=O)Nc2ccc(N(C)C)cc2)c2cccc(F)c2)cc1. The highest BCUT2D eigenvalue weighted by atomic mass is 19.1. The minimum absolute atomic E-state index is 0.0730. The van der Waals surface area contributed by atoms with Gasteiger partial charge in [0.25, 0.3) is 5.91 Å². The Hall–Kier alpha value is -5.25. The Labute approximate surface area is 243 Å². The number of anilines is 2. The average molecular weight is 567 g/mol. The molecular formula is C32H31FN6O3. The first kappa shape index (κ1) is 28.3. The van der Waals surface area contributed by atoms with Crippen molar-refractivity contribution < 1.29 is 18.7 Å². The number of amides is 2. The third-order valence-electron chi connectivity index (χ3n) is 6.91. The third kappa shape index (κ3) is 6.38. The zero-order valence-corrected chi connectivity index (χ0v) is 23.6. The number of nitrogens with zero attached hydrogens (tertiary/aromatic N) is 5. The molecule has 1 N–H and O–H groups in total. The van der Waals surface area contributed by atoms with E-state index in [9.17, 15) is 14.0 Å². The normalized spacial score (nSPS) is 11.6. The highest BCUT2D eigenvalue weighted by Crippen LogP contribution is 2.28. The van der Waals surface area contributed by atoms with E-state index in [1.807, 2.05) is 67.5 Å². The van der Waals surface area contributed by atoms with Crippen molar-refractivity contribution >= 4 is 34.2 Å². The largest absolute Gasteiger partial charge is 0.497 e. The maximum Gasteiger partial charge on any atom is 0.251 e. The Morgan fingerprint density at radius 3 is 2.38 bits per heavy atom. The Bertz CT molecular complexity index is 1690. The van der Waals surface area contributed by atoms with Crippen LogP contribution in [0.1, 0.15) is 17.2 Å². The molecule has 4 aromatic carbocycles. The Balaban J connectivity index is 1.54. The lowest BCUT2D eigenvalue weighted by Gasteiger charge is -2.32. The first-order chi connectivity index (χ1) is 20.3. The van der Waals surface area contributed by atoms with Crippen LogP contribution in [0.5, 0.6) is 5.75 Å². The number of benzene rings is 4. The molecule has 0 spiro atoms. The van der Waals surface area contributed by atoms with Crippen LogP contribution in [-0.2, 0) is 22.7 Å². The van der Waals surface area contributed by atoms with E-state index < -0.39 is 23.7 Å². The van der Waals surface area contributed by atoms with Crippen LogP contribution < -0.4 is 15.0 Å². The summed E-state index contributed by atoms with van der Waals surface area (Å²) < 4.78 is 21.3. The lowest BCUT2D eigenvalue weighted by atomic mass is 10.0. The molecule has 0 aliphatic heterocycles. The molecule has 1 unspecified atom stereocenters. The number of carbonyl (C=O) groups excluding carboxylic acids is 2. The van der Waals surface area contributed by atoms with Gasteiger partial charge in [-0.1, -0.05) is 41.6 Å². The van der Waals surface area contributed by atoms with Crippen LogP contribution in [0, 0.1) is 5.82 Å². The van der Waals surface area contributed by atoms with Gasteiger partial charge in [-0.3, -0.25) is 9.59 Å². The zero-order valence-electron chi connectivity index (χ0n) is 23.6. The van der Waals surface area contributed by atoms with Gasteiger partial charge in [-0.15, -0.1) is 5.10 Å². The van der Waals surface area contributed by atoms with Crippen LogP contribution in [0.15, 0.2) is 97.1 Å². The Kier molecular flexibility index (Phi) is 8.42. The van der Waals surface area contributed by atoms with E-state index in [1.54, 1.807) is 37.4 Å². The second-order valence-corrected chi connectivity index (χ2v) is 9.99. The summed E-state index contributed by atoms with van der Waals surface area (Å²) in [6.07, 6.45) is 0. The lowest BCUT2D eigenvalue weighted by molar-refractivity contribution is -0.140. The van der Waals surface area contributed by atoms with Crippen LogP contribution in [0.25, 0.3) is 11.0 Å². The van der Waals surface area contributed by atoms with Crippen molar-refractivity contribution in [1.82, 2.24) is 19.9 Å². The molecule has 0 saturated heterocycles. The standard InChI is InChI=1S/C32H31FN6O3/c1-37(2)26-15-13-25(14-16-26)34-32(41)31(23-7-6-8-24(33)19-23)38(20-22-11-17-27(42-3)18-12-22)30(40)21-39-29-10-5-4-9-28(29)35-36-39/h4-19,31H,20-21H2,1-3H3,(H,34,41). The molecule has 9 nitrogen and oxygen atoms in total. The van der Waals surface area contributed by atoms with Gasteiger partial charge >= 0.3 is 0 Å². The van der Waals surface area contributed by atoms with Gasteiger partial charge in [0.15, 0.2) is 0 Å². The lowest BCUT2D eigenvalue weighted by Crippen LogP contribution is -2.42. The number of aromatic nitrogens is 3. The van der Waals surface area contributed by atoms with Crippen molar-refractivity contribution in [3.05, 3.63) is 114 Å². The van der Waals surface area contributed by atoms with Gasteiger partial charge in [-0.25, -0.2) is 9.07 Å². The zero-order chi connectivity index (χ0) is 29.6. The van der Waals surface area contributed by atoms with Crippen molar-refractivity contribution in [3.63, 3.8) is 0 Å². The third-order valence-corrected chi connectivity index (χ3v) is 6.91. The highest BCUT2D eigenvalue weighted by Gasteiger charge is 2.32. The molecule has 5 aromatic rings. The van der Waals surface area contributed by atoms with Gasteiger partial charge in [0.2, 0.25) is 5.91 Å². The molecule has 2 amide bonds. The van der Waals surface area contributed by atoms with Gasteiger partial charge in [0.1, 0.15) is 29.7 Å². The molecule has 5 rings (SSSR count). The van der Waals surface area contributed by atoms with Gasteiger partial charge in [-0.05, 0) is 71.8 Å². The van der Waals surface area contributed by atoms with Crippen LogP contribution in [0.2, 0.25) is 0 Å². The number of ether oxygens (including phenoxy) is 1. The summed E-state index contributed by atoms with van der Waals surface area (Å²) in [5, 5.41) is 11.2.